The largest absolute Gasteiger partial charge is 0.493 e. The molecular formula is C27H31ClN2O5S. The molecule has 0 aromatic heterocycles. The lowest BCUT2D eigenvalue weighted by molar-refractivity contribution is -0.119. The van der Waals surface area contributed by atoms with Gasteiger partial charge in [0, 0.05) is 11.6 Å². The highest BCUT2D eigenvalue weighted by molar-refractivity contribution is 7.92. The van der Waals surface area contributed by atoms with Crippen molar-refractivity contribution in [2.75, 3.05) is 18.0 Å². The van der Waals surface area contributed by atoms with E-state index in [0.717, 1.165) is 15.4 Å². The third kappa shape index (κ3) is 6.71. The summed E-state index contributed by atoms with van der Waals surface area (Å²) in [5, 5.41) is 3.29. The minimum atomic E-state index is -4.02. The van der Waals surface area contributed by atoms with Gasteiger partial charge >= 0.3 is 0 Å². The Labute approximate surface area is 218 Å². The lowest BCUT2D eigenvalue weighted by atomic mass is 10.2. The average molecular weight is 531 g/mol. The van der Waals surface area contributed by atoms with Crippen LogP contribution in [-0.2, 0) is 21.4 Å². The van der Waals surface area contributed by atoms with Crippen LogP contribution < -0.4 is 19.1 Å². The molecule has 9 heteroatoms. The lowest BCUT2D eigenvalue weighted by Crippen LogP contribution is -2.41. The van der Waals surface area contributed by atoms with Crippen LogP contribution in [0.1, 0.15) is 30.5 Å². The fourth-order valence-electron chi connectivity index (χ4n) is 3.60. The van der Waals surface area contributed by atoms with Gasteiger partial charge in [-0.1, -0.05) is 35.4 Å². The van der Waals surface area contributed by atoms with Crippen molar-refractivity contribution in [3.8, 4) is 11.5 Å². The highest BCUT2D eigenvalue weighted by Crippen LogP contribution is 2.30. The van der Waals surface area contributed by atoms with Crippen molar-refractivity contribution in [2.24, 2.45) is 0 Å². The highest BCUT2D eigenvalue weighted by Gasteiger charge is 2.28. The van der Waals surface area contributed by atoms with Crippen LogP contribution in [0.2, 0.25) is 5.02 Å². The zero-order valence-corrected chi connectivity index (χ0v) is 22.6. The summed E-state index contributed by atoms with van der Waals surface area (Å²) in [6.07, 6.45) is -0.0118. The quantitative estimate of drug-likeness (QED) is 0.386. The Morgan fingerprint density at radius 1 is 1.00 bits per heavy atom. The first-order valence-electron chi connectivity index (χ1n) is 11.5. The number of rotatable bonds is 10. The number of carbonyl (C=O) groups is 1. The van der Waals surface area contributed by atoms with E-state index in [1.807, 2.05) is 26.8 Å². The maximum Gasteiger partial charge on any atom is 0.264 e. The molecule has 192 valence electrons. The molecule has 0 spiro atoms. The third-order valence-corrected chi connectivity index (χ3v) is 7.41. The number of halogens is 1. The molecule has 0 aliphatic heterocycles. The standard InChI is InChI=1S/C27H31ClN2O5S/c1-18(2)35-25-13-8-21(15-26(25)34-5)16-29-27(31)17-30(24-12-9-22(28)14-20(24)4)36(32,33)23-10-6-19(3)7-11-23/h6-15,18H,16-17H2,1-5H3,(H,29,31). The second-order valence-electron chi connectivity index (χ2n) is 8.68. The molecular weight excluding hydrogens is 500 g/mol. The van der Waals surface area contributed by atoms with Gasteiger partial charge in [-0.25, -0.2) is 8.42 Å². The van der Waals surface area contributed by atoms with Crippen LogP contribution in [0.5, 0.6) is 11.5 Å². The summed E-state index contributed by atoms with van der Waals surface area (Å²) >= 11 is 6.09. The van der Waals surface area contributed by atoms with Crippen molar-refractivity contribution < 1.29 is 22.7 Å². The van der Waals surface area contributed by atoms with E-state index < -0.39 is 22.5 Å². The van der Waals surface area contributed by atoms with E-state index in [4.69, 9.17) is 21.1 Å². The zero-order chi connectivity index (χ0) is 26.5. The number of methoxy groups -OCH3 is 1. The molecule has 0 aliphatic rings. The number of amides is 1. The Morgan fingerprint density at radius 2 is 1.69 bits per heavy atom. The molecule has 0 aliphatic carbocycles. The molecule has 0 fully saturated rings. The number of nitrogens with one attached hydrogen (secondary N) is 1. The first kappa shape index (κ1) is 27.4. The summed E-state index contributed by atoms with van der Waals surface area (Å²) in [6.45, 7) is 7.27. The number of sulfonamides is 1. The molecule has 36 heavy (non-hydrogen) atoms. The van der Waals surface area contributed by atoms with Crippen LogP contribution in [0.25, 0.3) is 0 Å². The topological polar surface area (TPSA) is 84.9 Å². The Kier molecular flexibility index (Phi) is 8.87. The van der Waals surface area contributed by atoms with E-state index in [0.29, 0.717) is 27.8 Å². The van der Waals surface area contributed by atoms with Gasteiger partial charge in [-0.05, 0) is 81.3 Å². The van der Waals surface area contributed by atoms with Gasteiger partial charge in [0.1, 0.15) is 6.54 Å². The molecule has 3 rings (SSSR count). The van der Waals surface area contributed by atoms with E-state index in [1.165, 1.54) is 12.1 Å². The summed E-state index contributed by atoms with van der Waals surface area (Å²) in [5.74, 6) is 0.702. The van der Waals surface area contributed by atoms with Gasteiger partial charge < -0.3 is 14.8 Å². The number of nitrogens with zero attached hydrogens (tertiary/aromatic N) is 1. The van der Waals surface area contributed by atoms with E-state index in [9.17, 15) is 13.2 Å². The van der Waals surface area contributed by atoms with E-state index >= 15 is 0 Å². The molecule has 0 unspecified atom stereocenters. The molecule has 0 bridgehead atoms. The van der Waals surface area contributed by atoms with Crippen LogP contribution in [0, 0.1) is 13.8 Å². The van der Waals surface area contributed by atoms with Crippen LogP contribution >= 0.6 is 11.6 Å². The maximum absolute atomic E-state index is 13.6. The number of aryl methyl sites for hydroxylation is 2. The van der Waals surface area contributed by atoms with Gasteiger partial charge in [-0.15, -0.1) is 0 Å². The summed E-state index contributed by atoms with van der Waals surface area (Å²) in [4.78, 5) is 13.1. The van der Waals surface area contributed by atoms with Crippen molar-refractivity contribution in [2.45, 2.75) is 45.2 Å². The molecule has 0 atom stereocenters. The second kappa shape index (κ2) is 11.7. The maximum atomic E-state index is 13.6. The highest BCUT2D eigenvalue weighted by atomic mass is 35.5. The average Bonchev–Trinajstić information content (AvgIpc) is 2.82. The normalized spacial score (nSPS) is 11.3. The summed E-state index contributed by atoms with van der Waals surface area (Å²) < 4.78 is 39.4. The lowest BCUT2D eigenvalue weighted by Gasteiger charge is -2.26. The van der Waals surface area contributed by atoms with Crippen molar-refractivity contribution in [1.82, 2.24) is 5.32 Å². The Morgan fingerprint density at radius 3 is 2.31 bits per heavy atom. The molecule has 1 N–H and O–H groups in total. The van der Waals surface area contributed by atoms with Crippen LogP contribution in [0.15, 0.2) is 65.6 Å². The minimum absolute atomic E-state index is 0.0118. The Bertz CT molecular complexity index is 1320. The fourth-order valence-corrected chi connectivity index (χ4v) is 5.31. The van der Waals surface area contributed by atoms with E-state index in [1.54, 1.807) is 56.5 Å². The van der Waals surface area contributed by atoms with E-state index in [2.05, 4.69) is 5.32 Å². The molecule has 0 heterocycles. The monoisotopic (exact) mass is 530 g/mol. The first-order chi connectivity index (χ1) is 17.0. The van der Waals surface area contributed by atoms with Crippen molar-refractivity contribution in [3.05, 3.63) is 82.4 Å². The van der Waals surface area contributed by atoms with Crippen LogP contribution in [0.3, 0.4) is 0 Å². The third-order valence-electron chi connectivity index (χ3n) is 5.40. The van der Waals surface area contributed by atoms with Gasteiger partial charge in [-0.3, -0.25) is 9.10 Å². The van der Waals surface area contributed by atoms with Crippen molar-refractivity contribution in [1.29, 1.82) is 0 Å². The number of hydrogen-bond acceptors (Lipinski definition) is 5. The molecule has 1 amide bonds. The first-order valence-corrected chi connectivity index (χ1v) is 13.3. The summed E-state index contributed by atoms with van der Waals surface area (Å²) in [5.41, 5.74) is 2.73. The fraction of sp³-hybridized carbons (Fsp3) is 0.296. The number of carbonyl (C=O) groups excluding carboxylic acids is 1. The SMILES string of the molecule is COc1cc(CNC(=O)CN(c2ccc(Cl)cc2C)S(=O)(=O)c2ccc(C)cc2)ccc1OC(C)C. The predicted molar refractivity (Wildman–Crippen MR) is 143 cm³/mol. The predicted octanol–water partition coefficient (Wildman–Crippen LogP) is 5.26. The molecule has 3 aromatic carbocycles. The molecule has 0 saturated heterocycles. The van der Waals surface area contributed by atoms with Gasteiger partial charge in [0.25, 0.3) is 10.0 Å². The Balaban J connectivity index is 1.84. The van der Waals surface area contributed by atoms with Crippen LogP contribution in [-0.4, -0.2) is 34.1 Å². The van der Waals surface area contributed by atoms with Gasteiger partial charge in [-0.2, -0.15) is 0 Å². The Hall–Kier alpha value is -3.23. The van der Waals surface area contributed by atoms with Gasteiger partial charge in [0.2, 0.25) is 5.91 Å². The van der Waals surface area contributed by atoms with Crippen LogP contribution in [0.4, 0.5) is 5.69 Å². The summed E-state index contributed by atoms with van der Waals surface area (Å²) in [7, 11) is -2.47. The molecule has 0 saturated carbocycles. The molecule has 7 nitrogen and oxygen atoms in total. The number of benzene rings is 3. The molecule has 0 radical (unpaired) electrons. The second-order valence-corrected chi connectivity index (χ2v) is 11.0. The smallest absolute Gasteiger partial charge is 0.264 e. The van der Waals surface area contributed by atoms with Gasteiger partial charge in [0.05, 0.1) is 23.8 Å². The number of hydrogen-bond donors (Lipinski definition) is 1. The van der Waals surface area contributed by atoms with E-state index in [-0.39, 0.29) is 17.5 Å². The van der Waals surface area contributed by atoms with Crippen molar-refractivity contribution >= 4 is 33.2 Å². The zero-order valence-electron chi connectivity index (χ0n) is 21.0. The summed E-state index contributed by atoms with van der Waals surface area (Å²) in [6, 6.07) is 16.8. The number of anilines is 1. The number of ether oxygens (including phenoxy) is 2. The van der Waals surface area contributed by atoms with Crippen molar-refractivity contribution in [3.63, 3.8) is 0 Å². The van der Waals surface area contributed by atoms with Gasteiger partial charge in [0.15, 0.2) is 11.5 Å². The molecule has 3 aromatic rings. The minimum Gasteiger partial charge on any atom is -0.493 e.